The minimum Gasteiger partial charge on any atom is -0.493 e. The number of urea groups is 1. The van der Waals surface area contributed by atoms with Gasteiger partial charge in [-0.3, -0.25) is 4.79 Å². The maximum atomic E-state index is 13.5. The Morgan fingerprint density at radius 3 is 2.44 bits per heavy atom. The third-order valence-electron chi connectivity index (χ3n) is 6.39. The molecular weight excluding hydrogens is 531 g/mol. The number of halogens is 3. The summed E-state index contributed by atoms with van der Waals surface area (Å²) in [4.78, 5) is 30.7. The molecule has 7 nitrogen and oxygen atoms in total. The summed E-state index contributed by atoms with van der Waals surface area (Å²) in [5.74, 6) is 0.965. The highest BCUT2D eigenvalue weighted by Crippen LogP contribution is 2.32. The molecule has 3 aromatic rings. The number of anilines is 1. The Bertz CT molecular complexity index is 1280. The molecule has 0 saturated heterocycles. The number of amides is 3. The van der Waals surface area contributed by atoms with Crippen LogP contribution in [0.5, 0.6) is 11.5 Å². The van der Waals surface area contributed by atoms with Crippen molar-refractivity contribution in [1.82, 2.24) is 9.80 Å². The van der Waals surface area contributed by atoms with Gasteiger partial charge in [-0.2, -0.15) is 13.2 Å². The minimum atomic E-state index is -4.52. The van der Waals surface area contributed by atoms with Gasteiger partial charge in [0.1, 0.15) is 6.54 Å². The van der Waals surface area contributed by atoms with Crippen LogP contribution in [0.25, 0.3) is 0 Å². The maximum absolute atomic E-state index is 13.5. The molecule has 0 aliphatic heterocycles. The van der Waals surface area contributed by atoms with E-state index in [-0.39, 0.29) is 24.2 Å². The molecule has 0 atom stereocenters. The number of alkyl halides is 3. The highest BCUT2D eigenvalue weighted by molar-refractivity contribution is 7.09. The minimum absolute atomic E-state index is 0.0248. The molecule has 208 valence electrons. The average molecular weight is 562 g/mol. The molecule has 11 heteroatoms. The molecule has 1 saturated carbocycles. The van der Waals surface area contributed by atoms with E-state index in [9.17, 15) is 22.8 Å². The average Bonchev–Trinajstić information content (AvgIpc) is 3.63. The van der Waals surface area contributed by atoms with Gasteiger partial charge in [0.15, 0.2) is 11.5 Å². The molecule has 1 N–H and O–H groups in total. The first-order valence-electron chi connectivity index (χ1n) is 12.4. The van der Waals surface area contributed by atoms with Crippen molar-refractivity contribution in [2.24, 2.45) is 0 Å². The highest BCUT2D eigenvalue weighted by Gasteiger charge is 2.35. The van der Waals surface area contributed by atoms with E-state index in [2.05, 4.69) is 5.32 Å². The zero-order chi connectivity index (χ0) is 28.0. The zero-order valence-electron chi connectivity index (χ0n) is 21.7. The van der Waals surface area contributed by atoms with Crippen LogP contribution in [0.4, 0.5) is 23.7 Å². The summed E-state index contributed by atoms with van der Waals surface area (Å²) in [7, 11) is 3.12. The Hall–Kier alpha value is -3.73. The van der Waals surface area contributed by atoms with Gasteiger partial charge in [-0.1, -0.05) is 18.2 Å². The van der Waals surface area contributed by atoms with Crippen LogP contribution in [0.1, 0.15) is 28.8 Å². The molecule has 1 heterocycles. The number of benzene rings is 2. The van der Waals surface area contributed by atoms with Crippen LogP contribution in [0.3, 0.4) is 0 Å². The Morgan fingerprint density at radius 1 is 1.03 bits per heavy atom. The van der Waals surface area contributed by atoms with E-state index in [1.54, 1.807) is 19.1 Å². The highest BCUT2D eigenvalue weighted by atomic mass is 32.1. The molecule has 0 radical (unpaired) electrons. The molecule has 39 heavy (non-hydrogen) atoms. The number of rotatable bonds is 11. The summed E-state index contributed by atoms with van der Waals surface area (Å²) in [6.07, 6.45) is -2.50. The van der Waals surface area contributed by atoms with Crippen LogP contribution in [0.15, 0.2) is 60.0 Å². The van der Waals surface area contributed by atoms with Crippen molar-refractivity contribution >= 4 is 29.0 Å². The number of nitrogens with zero attached hydrogens (tertiary/aromatic N) is 2. The summed E-state index contributed by atoms with van der Waals surface area (Å²) in [6, 6.07) is 13.2. The lowest BCUT2D eigenvalue weighted by Gasteiger charge is -2.28. The lowest BCUT2D eigenvalue weighted by molar-refractivity contribution is -0.137. The van der Waals surface area contributed by atoms with Gasteiger partial charge >= 0.3 is 12.2 Å². The van der Waals surface area contributed by atoms with Crippen molar-refractivity contribution in [3.63, 3.8) is 0 Å². The molecule has 4 rings (SSSR count). The molecule has 2 aromatic carbocycles. The number of hydrogen-bond donors (Lipinski definition) is 1. The van der Waals surface area contributed by atoms with Crippen molar-refractivity contribution in [3.05, 3.63) is 76.0 Å². The van der Waals surface area contributed by atoms with Gasteiger partial charge in [0.25, 0.3) is 0 Å². The topological polar surface area (TPSA) is 71.1 Å². The molecule has 0 spiro atoms. The number of carbonyl (C=O) groups excluding carboxylic acids is 2. The fourth-order valence-electron chi connectivity index (χ4n) is 4.15. The third-order valence-corrected chi connectivity index (χ3v) is 7.25. The Balaban J connectivity index is 1.46. The van der Waals surface area contributed by atoms with Crippen LogP contribution in [0.2, 0.25) is 0 Å². The largest absolute Gasteiger partial charge is 0.493 e. The lowest BCUT2D eigenvalue weighted by atomic mass is 10.1. The summed E-state index contributed by atoms with van der Waals surface area (Å²) >= 11 is 1.54. The quantitative estimate of drug-likeness (QED) is 0.309. The van der Waals surface area contributed by atoms with E-state index in [0.717, 1.165) is 35.4 Å². The smallest absolute Gasteiger partial charge is 0.416 e. The van der Waals surface area contributed by atoms with Gasteiger partial charge in [0.05, 0.1) is 26.3 Å². The molecule has 1 aliphatic rings. The van der Waals surface area contributed by atoms with Crippen molar-refractivity contribution < 1.29 is 32.2 Å². The monoisotopic (exact) mass is 561 g/mol. The molecule has 1 aromatic heterocycles. The van der Waals surface area contributed by atoms with Crippen molar-refractivity contribution in [3.8, 4) is 11.5 Å². The predicted molar refractivity (Wildman–Crippen MR) is 143 cm³/mol. The Labute approximate surface area is 229 Å². The second kappa shape index (κ2) is 12.4. The summed E-state index contributed by atoms with van der Waals surface area (Å²) < 4.78 is 50.0. The SMILES string of the molecule is COc1ccc(CCN(Cc2cccs2)C(=O)CN(C(=O)Nc2cccc(C(F)(F)F)c2)C2CC2)cc1OC. The molecular formula is C28H30F3N3O4S. The molecule has 3 amide bonds. The van der Waals surface area contributed by atoms with Crippen molar-refractivity contribution in [2.45, 2.75) is 38.0 Å². The van der Waals surface area contributed by atoms with E-state index in [1.807, 2.05) is 35.7 Å². The summed E-state index contributed by atoms with van der Waals surface area (Å²) in [5, 5.41) is 4.48. The first-order valence-corrected chi connectivity index (χ1v) is 13.3. The maximum Gasteiger partial charge on any atom is 0.416 e. The van der Waals surface area contributed by atoms with Gasteiger partial charge in [0, 0.05) is 23.2 Å². The van der Waals surface area contributed by atoms with E-state index < -0.39 is 17.8 Å². The second-order valence-corrected chi connectivity index (χ2v) is 10.2. The van der Waals surface area contributed by atoms with Gasteiger partial charge in [-0.05, 0) is 66.6 Å². The molecule has 1 fully saturated rings. The lowest BCUT2D eigenvalue weighted by Crippen LogP contribution is -2.45. The molecule has 0 bridgehead atoms. The Morgan fingerprint density at radius 2 is 1.79 bits per heavy atom. The van der Waals surface area contributed by atoms with E-state index in [0.29, 0.717) is 31.0 Å². The second-order valence-electron chi connectivity index (χ2n) is 9.20. The fraction of sp³-hybridized carbons (Fsp3) is 0.357. The zero-order valence-corrected chi connectivity index (χ0v) is 22.5. The van der Waals surface area contributed by atoms with E-state index in [4.69, 9.17) is 9.47 Å². The van der Waals surface area contributed by atoms with Crippen LogP contribution in [0, 0.1) is 0 Å². The molecule has 0 unspecified atom stereocenters. The van der Waals surface area contributed by atoms with Crippen LogP contribution >= 0.6 is 11.3 Å². The third kappa shape index (κ3) is 7.66. The normalized spacial score (nSPS) is 13.1. The van der Waals surface area contributed by atoms with Crippen LogP contribution in [-0.4, -0.2) is 55.1 Å². The van der Waals surface area contributed by atoms with Gasteiger partial charge in [0.2, 0.25) is 5.91 Å². The van der Waals surface area contributed by atoms with Crippen LogP contribution in [-0.2, 0) is 23.9 Å². The molecule has 1 aliphatic carbocycles. The predicted octanol–water partition coefficient (Wildman–Crippen LogP) is 6.05. The number of carbonyl (C=O) groups is 2. The Kier molecular flexibility index (Phi) is 9.01. The van der Waals surface area contributed by atoms with Crippen molar-refractivity contribution in [1.29, 1.82) is 0 Å². The van der Waals surface area contributed by atoms with E-state index in [1.165, 1.54) is 28.4 Å². The van der Waals surface area contributed by atoms with Gasteiger partial charge < -0.3 is 24.6 Å². The fourth-order valence-corrected chi connectivity index (χ4v) is 4.87. The summed E-state index contributed by atoms with van der Waals surface area (Å²) in [6.45, 7) is 0.615. The summed E-state index contributed by atoms with van der Waals surface area (Å²) in [5.41, 5.74) is 0.126. The first kappa shape index (κ1) is 28.3. The number of nitrogens with one attached hydrogen (secondary N) is 1. The van der Waals surface area contributed by atoms with Crippen LogP contribution < -0.4 is 14.8 Å². The number of methoxy groups -OCH3 is 2. The first-order chi connectivity index (χ1) is 18.7. The van der Waals surface area contributed by atoms with Crippen molar-refractivity contribution in [2.75, 3.05) is 32.6 Å². The van der Waals surface area contributed by atoms with Gasteiger partial charge in [-0.25, -0.2) is 4.79 Å². The number of thiophene rings is 1. The number of ether oxygens (including phenoxy) is 2. The standard InChI is InChI=1S/C28H30F3N3O4S/c1-37-24-11-8-19(15-25(24)38-2)12-13-33(17-23-7-4-14-39-23)26(35)18-34(22-9-10-22)27(36)32-21-6-3-5-20(16-21)28(29,30)31/h3-8,11,14-16,22H,9-10,12-13,17-18H2,1-2H3,(H,32,36). The number of hydrogen-bond acceptors (Lipinski definition) is 5. The van der Waals surface area contributed by atoms with E-state index >= 15 is 0 Å². The van der Waals surface area contributed by atoms with Gasteiger partial charge in [-0.15, -0.1) is 11.3 Å².